The first-order valence-corrected chi connectivity index (χ1v) is 5.55. The van der Waals surface area contributed by atoms with E-state index < -0.39 is 4.92 Å². The van der Waals surface area contributed by atoms with Gasteiger partial charge in [-0.15, -0.1) is 0 Å². The van der Waals surface area contributed by atoms with Gasteiger partial charge in [0.05, 0.1) is 12.0 Å². The van der Waals surface area contributed by atoms with Crippen LogP contribution in [0.5, 0.6) is 5.75 Å². The molecule has 0 heterocycles. The quantitative estimate of drug-likeness (QED) is 0.500. The van der Waals surface area contributed by atoms with Gasteiger partial charge in [0, 0.05) is 17.4 Å². The molecule has 0 unspecified atom stereocenters. The average molecular weight is 259 g/mol. The van der Waals surface area contributed by atoms with Crippen molar-refractivity contribution in [3.63, 3.8) is 0 Å². The molecule has 2 rings (SSSR count). The lowest BCUT2D eigenvalue weighted by atomic mass is 10.2. The van der Waals surface area contributed by atoms with E-state index in [1.165, 1.54) is 12.1 Å². The first kappa shape index (κ1) is 12.7. The van der Waals surface area contributed by atoms with Crippen molar-refractivity contribution < 1.29 is 9.66 Å². The van der Waals surface area contributed by atoms with Crippen LogP contribution < -0.4 is 15.8 Å². The van der Waals surface area contributed by atoms with Gasteiger partial charge in [0.15, 0.2) is 0 Å². The van der Waals surface area contributed by atoms with Gasteiger partial charge in [-0.3, -0.25) is 10.1 Å². The minimum Gasteiger partial charge on any atom is -0.497 e. The monoisotopic (exact) mass is 259 g/mol. The molecule has 6 heteroatoms. The van der Waals surface area contributed by atoms with Gasteiger partial charge in [-0.05, 0) is 36.4 Å². The average Bonchev–Trinajstić information content (AvgIpc) is 2.39. The van der Waals surface area contributed by atoms with Crippen LogP contribution >= 0.6 is 0 Å². The van der Waals surface area contributed by atoms with E-state index in [0.29, 0.717) is 5.69 Å². The molecule has 0 fully saturated rings. The number of nitro groups is 1. The van der Waals surface area contributed by atoms with E-state index in [-0.39, 0.29) is 11.4 Å². The maximum absolute atomic E-state index is 10.7. The second-order valence-electron chi connectivity index (χ2n) is 3.88. The van der Waals surface area contributed by atoms with E-state index in [9.17, 15) is 10.1 Å². The van der Waals surface area contributed by atoms with Gasteiger partial charge >= 0.3 is 0 Å². The summed E-state index contributed by atoms with van der Waals surface area (Å²) < 4.78 is 5.06. The lowest BCUT2D eigenvalue weighted by Gasteiger charge is -2.08. The molecule has 2 aromatic carbocycles. The third-order valence-corrected chi connectivity index (χ3v) is 2.60. The van der Waals surface area contributed by atoms with Gasteiger partial charge in [-0.1, -0.05) is 0 Å². The Morgan fingerprint density at radius 3 is 2.32 bits per heavy atom. The number of ether oxygens (including phenoxy) is 1. The maximum Gasteiger partial charge on any atom is 0.292 e. The Morgan fingerprint density at radius 1 is 1.16 bits per heavy atom. The van der Waals surface area contributed by atoms with Crippen molar-refractivity contribution >= 4 is 22.7 Å². The number of anilines is 3. The fourth-order valence-corrected chi connectivity index (χ4v) is 1.64. The summed E-state index contributed by atoms with van der Waals surface area (Å²) in [5.41, 5.74) is 7.18. The zero-order valence-electron chi connectivity index (χ0n) is 10.3. The van der Waals surface area contributed by atoms with Crippen LogP contribution in [0.25, 0.3) is 0 Å². The van der Waals surface area contributed by atoms with Crippen LogP contribution in [0.1, 0.15) is 0 Å². The Hall–Kier alpha value is -2.76. The molecule has 98 valence electrons. The van der Waals surface area contributed by atoms with Gasteiger partial charge in [-0.25, -0.2) is 0 Å². The summed E-state index contributed by atoms with van der Waals surface area (Å²) in [7, 11) is 1.60. The largest absolute Gasteiger partial charge is 0.497 e. The van der Waals surface area contributed by atoms with E-state index in [2.05, 4.69) is 5.32 Å². The van der Waals surface area contributed by atoms with Crippen LogP contribution in [-0.2, 0) is 0 Å². The van der Waals surface area contributed by atoms with Gasteiger partial charge in [0.25, 0.3) is 5.69 Å². The number of nitrogens with zero attached hydrogens (tertiary/aromatic N) is 1. The molecule has 3 N–H and O–H groups in total. The number of rotatable bonds is 4. The van der Waals surface area contributed by atoms with Gasteiger partial charge in [0.2, 0.25) is 0 Å². The molecule has 0 bridgehead atoms. The highest BCUT2D eigenvalue weighted by molar-refractivity contribution is 5.70. The summed E-state index contributed by atoms with van der Waals surface area (Å²) in [5.74, 6) is 0.758. The fourth-order valence-electron chi connectivity index (χ4n) is 1.64. The van der Waals surface area contributed by atoms with E-state index in [0.717, 1.165) is 11.4 Å². The second kappa shape index (κ2) is 5.26. The number of methoxy groups -OCH3 is 1. The highest BCUT2D eigenvalue weighted by Gasteiger charge is 2.10. The van der Waals surface area contributed by atoms with Crippen LogP contribution in [0.15, 0.2) is 42.5 Å². The van der Waals surface area contributed by atoms with Crippen molar-refractivity contribution in [2.45, 2.75) is 0 Å². The topological polar surface area (TPSA) is 90.4 Å². The summed E-state index contributed by atoms with van der Waals surface area (Å²) in [6.07, 6.45) is 0. The molecule has 0 spiro atoms. The Bertz CT molecular complexity index is 597. The molecule has 19 heavy (non-hydrogen) atoms. The molecule has 2 aromatic rings. The standard InChI is InChI=1S/C13H13N3O3/c1-19-11-5-2-9(3-6-11)15-10-4-7-13(16(17)18)12(14)8-10/h2-8,15H,14H2,1H3. The Labute approximate surface area is 110 Å². The van der Waals surface area contributed by atoms with Crippen LogP contribution in [-0.4, -0.2) is 12.0 Å². The number of hydrogen-bond acceptors (Lipinski definition) is 5. The van der Waals surface area contributed by atoms with Crippen LogP contribution in [0.4, 0.5) is 22.7 Å². The zero-order chi connectivity index (χ0) is 13.8. The number of nitrogens with one attached hydrogen (secondary N) is 1. The Kier molecular flexibility index (Phi) is 3.51. The van der Waals surface area contributed by atoms with Crippen molar-refractivity contribution in [2.24, 2.45) is 0 Å². The van der Waals surface area contributed by atoms with E-state index in [1.807, 2.05) is 24.3 Å². The summed E-state index contributed by atoms with van der Waals surface area (Å²) in [6.45, 7) is 0. The lowest BCUT2D eigenvalue weighted by molar-refractivity contribution is -0.383. The molecule has 0 atom stereocenters. The Balaban J connectivity index is 2.18. The maximum atomic E-state index is 10.7. The molecular weight excluding hydrogens is 246 g/mol. The summed E-state index contributed by atoms with van der Waals surface area (Å²) in [4.78, 5) is 10.1. The molecule has 0 aliphatic carbocycles. The third-order valence-electron chi connectivity index (χ3n) is 2.60. The van der Waals surface area contributed by atoms with Gasteiger partial charge in [-0.2, -0.15) is 0 Å². The summed E-state index contributed by atoms with van der Waals surface area (Å²) in [6, 6.07) is 11.8. The lowest BCUT2D eigenvalue weighted by Crippen LogP contribution is -1.97. The second-order valence-corrected chi connectivity index (χ2v) is 3.88. The van der Waals surface area contributed by atoms with Crippen molar-refractivity contribution in [2.75, 3.05) is 18.2 Å². The molecule has 0 aliphatic heterocycles. The molecule has 0 amide bonds. The minimum atomic E-state index is -0.507. The van der Waals surface area contributed by atoms with Crippen LogP contribution in [0, 0.1) is 10.1 Å². The smallest absolute Gasteiger partial charge is 0.292 e. The van der Waals surface area contributed by atoms with Crippen molar-refractivity contribution in [3.05, 3.63) is 52.6 Å². The third kappa shape index (κ3) is 2.92. The van der Waals surface area contributed by atoms with E-state index in [1.54, 1.807) is 13.2 Å². The molecule has 0 aromatic heterocycles. The first-order valence-electron chi connectivity index (χ1n) is 5.55. The number of hydrogen-bond donors (Lipinski definition) is 2. The molecule has 0 radical (unpaired) electrons. The molecule has 0 saturated heterocycles. The molecular formula is C13H13N3O3. The predicted octanol–water partition coefficient (Wildman–Crippen LogP) is 2.93. The van der Waals surface area contributed by atoms with Crippen LogP contribution in [0.2, 0.25) is 0 Å². The molecule has 0 saturated carbocycles. The summed E-state index contributed by atoms with van der Waals surface area (Å²) in [5, 5.41) is 13.8. The first-order chi connectivity index (χ1) is 9.10. The van der Waals surface area contributed by atoms with Crippen molar-refractivity contribution in [1.82, 2.24) is 0 Å². The number of nitro benzene ring substituents is 1. The summed E-state index contributed by atoms with van der Waals surface area (Å²) >= 11 is 0. The highest BCUT2D eigenvalue weighted by atomic mass is 16.6. The normalized spacial score (nSPS) is 9.95. The minimum absolute atomic E-state index is 0.0970. The molecule has 6 nitrogen and oxygen atoms in total. The predicted molar refractivity (Wildman–Crippen MR) is 73.8 cm³/mol. The Morgan fingerprint density at radius 2 is 1.79 bits per heavy atom. The van der Waals surface area contributed by atoms with Gasteiger partial charge in [0.1, 0.15) is 11.4 Å². The number of benzene rings is 2. The molecule has 0 aliphatic rings. The van der Waals surface area contributed by atoms with E-state index >= 15 is 0 Å². The van der Waals surface area contributed by atoms with E-state index in [4.69, 9.17) is 10.5 Å². The number of nitrogens with two attached hydrogens (primary N) is 1. The van der Waals surface area contributed by atoms with Gasteiger partial charge < -0.3 is 15.8 Å². The SMILES string of the molecule is COc1ccc(Nc2ccc([N+](=O)[O-])c(N)c2)cc1. The fraction of sp³-hybridized carbons (Fsp3) is 0.0769. The van der Waals surface area contributed by atoms with Crippen molar-refractivity contribution in [3.8, 4) is 5.75 Å². The van der Waals surface area contributed by atoms with Crippen LogP contribution in [0.3, 0.4) is 0 Å². The van der Waals surface area contributed by atoms with Crippen molar-refractivity contribution in [1.29, 1.82) is 0 Å². The highest BCUT2D eigenvalue weighted by Crippen LogP contribution is 2.27. The number of nitrogen functional groups attached to an aromatic ring is 1. The zero-order valence-corrected chi connectivity index (χ0v) is 10.3.